The highest BCUT2D eigenvalue weighted by molar-refractivity contribution is 6.45. The average Bonchev–Trinajstić information content (AvgIpc) is 2.86. The van der Waals surface area contributed by atoms with Crippen molar-refractivity contribution < 1.29 is 0 Å². The number of hydrogen-bond acceptors (Lipinski definition) is 5. The third-order valence-electron chi connectivity index (χ3n) is 2.56. The maximum atomic E-state index is 8.81. The molecule has 1 heterocycles. The number of aryl methyl sites for hydroxylation is 1. The lowest BCUT2D eigenvalue weighted by Crippen LogP contribution is -2.21. The van der Waals surface area contributed by atoms with Gasteiger partial charge in [-0.25, -0.2) is 0 Å². The molecule has 7 nitrogen and oxygen atoms in total. The lowest BCUT2D eigenvalue weighted by Gasteiger charge is -2.06. The van der Waals surface area contributed by atoms with E-state index >= 15 is 0 Å². The van der Waals surface area contributed by atoms with E-state index in [1.54, 1.807) is 12.1 Å². The van der Waals surface area contributed by atoms with E-state index in [4.69, 9.17) is 16.4 Å². The van der Waals surface area contributed by atoms with Crippen molar-refractivity contribution in [1.82, 2.24) is 10.2 Å². The average molecular weight is 267 g/mol. The number of hydrogen-bond donors (Lipinski definition) is 4. The highest BCUT2D eigenvalue weighted by Crippen LogP contribution is 2.26. The summed E-state index contributed by atoms with van der Waals surface area (Å²) in [5, 5.41) is 26.9. The van der Waals surface area contributed by atoms with Crippen molar-refractivity contribution in [2.75, 3.05) is 5.43 Å². The first-order valence-corrected chi connectivity index (χ1v) is 5.81. The summed E-state index contributed by atoms with van der Waals surface area (Å²) >= 11 is 0. The molecule has 7 heteroatoms. The third kappa shape index (κ3) is 2.81. The first kappa shape index (κ1) is 13.3. The number of nitrogens with zero attached hydrogens (tertiary/aromatic N) is 3. The fourth-order valence-electron chi connectivity index (χ4n) is 1.62. The van der Waals surface area contributed by atoms with Crippen LogP contribution in [0.1, 0.15) is 5.69 Å². The van der Waals surface area contributed by atoms with Crippen molar-refractivity contribution in [3.8, 4) is 17.3 Å². The summed E-state index contributed by atoms with van der Waals surface area (Å²) in [6.45, 7) is 1.91. The molecule has 0 spiro atoms. The molecule has 0 aliphatic carbocycles. The second kappa shape index (κ2) is 5.67. The standard InChI is InChI=1S/C13H13N7/c1-8-6-11(19-17-8)9-4-2-3-5-10(9)18-20-12(7-14)13(15)16/h2-6,18H,1H3,(H3,15,16)(H,17,19)/b20-12+. The monoisotopic (exact) mass is 267 g/mol. The van der Waals surface area contributed by atoms with Crippen LogP contribution in [0.25, 0.3) is 11.3 Å². The van der Waals surface area contributed by atoms with Gasteiger partial charge in [-0.05, 0) is 19.1 Å². The number of amidine groups is 1. The Balaban J connectivity index is 2.35. The molecule has 0 saturated carbocycles. The number of H-pyrrole nitrogens is 1. The molecular formula is C13H13N7. The van der Waals surface area contributed by atoms with E-state index in [0.29, 0.717) is 5.69 Å². The number of hydrazone groups is 1. The van der Waals surface area contributed by atoms with Crippen LogP contribution in [0.15, 0.2) is 35.4 Å². The van der Waals surface area contributed by atoms with Crippen molar-refractivity contribution in [2.24, 2.45) is 10.8 Å². The van der Waals surface area contributed by atoms with Crippen LogP contribution < -0.4 is 11.2 Å². The number of aromatic amines is 1. The van der Waals surface area contributed by atoms with Gasteiger partial charge in [0.1, 0.15) is 6.07 Å². The van der Waals surface area contributed by atoms with E-state index in [1.807, 2.05) is 31.2 Å². The van der Waals surface area contributed by atoms with E-state index in [1.165, 1.54) is 0 Å². The normalized spacial score (nSPS) is 10.9. The zero-order valence-corrected chi connectivity index (χ0v) is 10.8. The van der Waals surface area contributed by atoms with Crippen LogP contribution in [0.3, 0.4) is 0 Å². The van der Waals surface area contributed by atoms with Crippen LogP contribution in [0, 0.1) is 23.7 Å². The zero-order chi connectivity index (χ0) is 14.5. The van der Waals surface area contributed by atoms with Gasteiger partial charge in [0.15, 0.2) is 5.84 Å². The minimum Gasteiger partial charge on any atom is -0.382 e. The molecule has 0 atom stereocenters. The summed E-state index contributed by atoms with van der Waals surface area (Å²) in [7, 11) is 0. The summed E-state index contributed by atoms with van der Waals surface area (Å²) in [5.41, 5.74) is 11.0. The number of nitrogens with one attached hydrogen (secondary N) is 3. The fraction of sp³-hybridized carbons (Fsp3) is 0.0769. The van der Waals surface area contributed by atoms with Crippen LogP contribution in [0.4, 0.5) is 5.69 Å². The van der Waals surface area contributed by atoms with E-state index in [-0.39, 0.29) is 11.5 Å². The number of rotatable bonds is 4. The first-order chi connectivity index (χ1) is 9.61. The Morgan fingerprint density at radius 3 is 2.85 bits per heavy atom. The molecular weight excluding hydrogens is 254 g/mol. The van der Waals surface area contributed by atoms with Crippen molar-refractivity contribution in [1.29, 1.82) is 10.7 Å². The molecule has 0 aliphatic heterocycles. The van der Waals surface area contributed by atoms with Gasteiger partial charge in [-0.15, -0.1) is 0 Å². The molecule has 5 N–H and O–H groups in total. The number of nitrogens with two attached hydrogens (primary N) is 1. The molecule has 1 aromatic carbocycles. The Bertz CT molecular complexity index is 706. The Morgan fingerprint density at radius 1 is 1.50 bits per heavy atom. The lowest BCUT2D eigenvalue weighted by molar-refractivity contribution is 1.05. The highest BCUT2D eigenvalue weighted by atomic mass is 15.3. The maximum absolute atomic E-state index is 8.81. The van der Waals surface area contributed by atoms with Crippen LogP contribution in [0.5, 0.6) is 0 Å². The molecule has 0 amide bonds. The number of para-hydroxylation sites is 1. The smallest absolute Gasteiger partial charge is 0.201 e. The van der Waals surface area contributed by atoms with Crippen LogP contribution in [-0.4, -0.2) is 21.7 Å². The largest absolute Gasteiger partial charge is 0.382 e. The van der Waals surface area contributed by atoms with E-state index < -0.39 is 0 Å². The van der Waals surface area contributed by atoms with Gasteiger partial charge in [0.05, 0.1) is 11.4 Å². The quantitative estimate of drug-likeness (QED) is 0.381. The molecule has 0 unspecified atom stereocenters. The summed E-state index contributed by atoms with van der Waals surface area (Å²) < 4.78 is 0. The van der Waals surface area contributed by atoms with Gasteiger partial charge >= 0.3 is 0 Å². The van der Waals surface area contributed by atoms with Crippen molar-refractivity contribution >= 4 is 17.2 Å². The molecule has 0 saturated heterocycles. The Morgan fingerprint density at radius 2 is 2.25 bits per heavy atom. The van der Waals surface area contributed by atoms with Crippen molar-refractivity contribution in [2.45, 2.75) is 6.92 Å². The number of benzene rings is 1. The third-order valence-corrected chi connectivity index (χ3v) is 2.56. The molecule has 0 bridgehead atoms. The van der Waals surface area contributed by atoms with Gasteiger partial charge in [-0.2, -0.15) is 15.5 Å². The molecule has 0 aliphatic rings. The topological polar surface area (TPSA) is 127 Å². The predicted molar refractivity (Wildman–Crippen MR) is 77.3 cm³/mol. The summed E-state index contributed by atoms with van der Waals surface area (Å²) in [6, 6.07) is 11.1. The van der Waals surface area contributed by atoms with Crippen molar-refractivity contribution in [3.05, 3.63) is 36.0 Å². The van der Waals surface area contributed by atoms with Gasteiger partial charge in [-0.3, -0.25) is 15.9 Å². The molecule has 1 aromatic heterocycles. The lowest BCUT2D eigenvalue weighted by atomic mass is 10.1. The number of anilines is 1. The number of aromatic nitrogens is 2. The molecule has 2 rings (SSSR count). The SMILES string of the molecule is Cc1cc(-c2ccccc2N/N=C(\C#N)C(=N)N)n[nH]1. The maximum Gasteiger partial charge on any atom is 0.201 e. The Hall–Kier alpha value is -3.14. The van der Waals surface area contributed by atoms with E-state index in [2.05, 4.69) is 20.7 Å². The van der Waals surface area contributed by atoms with Crippen LogP contribution >= 0.6 is 0 Å². The zero-order valence-electron chi connectivity index (χ0n) is 10.8. The summed E-state index contributed by atoms with van der Waals surface area (Å²) in [4.78, 5) is 0. The minimum absolute atomic E-state index is 0.169. The van der Waals surface area contributed by atoms with E-state index in [9.17, 15) is 0 Å². The van der Waals surface area contributed by atoms with Gasteiger partial charge < -0.3 is 5.73 Å². The van der Waals surface area contributed by atoms with Gasteiger partial charge in [-0.1, -0.05) is 18.2 Å². The predicted octanol–water partition coefficient (Wildman–Crippen LogP) is 1.61. The molecule has 2 aromatic rings. The highest BCUT2D eigenvalue weighted by Gasteiger charge is 2.08. The second-order valence-electron chi connectivity index (χ2n) is 4.08. The molecule has 0 fully saturated rings. The van der Waals surface area contributed by atoms with Crippen LogP contribution in [0.2, 0.25) is 0 Å². The van der Waals surface area contributed by atoms with Gasteiger partial charge in [0.2, 0.25) is 5.71 Å². The fourth-order valence-corrected chi connectivity index (χ4v) is 1.62. The molecule has 20 heavy (non-hydrogen) atoms. The minimum atomic E-state index is -0.381. The first-order valence-electron chi connectivity index (χ1n) is 5.81. The number of nitriles is 1. The second-order valence-corrected chi connectivity index (χ2v) is 4.08. The molecule has 0 radical (unpaired) electrons. The van der Waals surface area contributed by atoms with Crippen molar-refractivity contribution in [3.63, 3.8) is 0 Å². The summed E-state index contributed by atoms with van der Waals surface area (Å²) in [6.07, 6.45) is 0. The molecule has 100 valence electrons. The van der Waals surface area contributed by atoms with Gasteiger partial charge in [0, 0.05) is 11.3 Å². The Kier molecular flexibility index (Phi) is 3.77. The summed E-state index contributed by atoms with van der Waals surface area (Å²) in [5.74, 6) is -0.381. The Labute approximate surface area is 115 Å². The van der Waals surface area contributed by atoms with Crippen LogP contribution in [-0.2, 0) is 0 Å². The van der Waals surface area contributed by atoms with E-state index in [0.717, 1.165) is 17.0 Å². The van der Waals surface area contributed by atoms with Gasteiger partial charge in [0.25, 0.3) is 0 Å².